The SMILES string of the molecule is Cc1ccc(-c2ncccn2)c(C(=O)N2CC3(CC3)C[C@H]2CNc2ncc(C(F)(F)F)cc2F)n1. The van der Waals surface area contributed by atoms with Crippen LogP contribution in [0.1, 0.15) is 41.0 Å². The second-order valence-corrected chi connectivity index (χ2v) is 9.15. The quantitative estimate of drug-likeness (QED) is 0.535. The van der Waals surface area contributed by atoms with Crippen LogP contribution < -0.4 is 5.32 Å². The molecular formula is C24H22F4N6O. The molecule has 1 N–H and O–H groups in total. The van der Waals surface area contributed by atoms with Crippen LogP contribution in [0.15, 0.2) is 42.9 Å². The number of hydrogen-bond donors (Lipinski definition) is 1. The first-order valence-corrected chi connectivity index (χ1v) is 11.2. The Hall–Kier alpha value is -3.63. The van der Waals surface area contributed by atoms with Crippen LogP contribution >= 0.6 is 0 Å². The number of rotatable bonds is 5. The summed E-state index contributed by atoms with van der Waals surface area (Å²) in [5.41, 5.74) is 0.273. The molecule has 0 radical (unpaired) electrons. The van der Waals surface area contributed by atoms with E-state index in [1.807, 2.05) is 0 Å². The van der Waals surface area contributed by atoms with E-state index >= 15 is 0 Å². The number of likely N-dealkylation sites (tertiary alicyclic amines) is 1. The molecule has 0 aromatic carbocycles. The van der Waals surface area contributed by atoms with Crippen molar-refractivity contribution in [2.45, 2.75) is 38.4 Å². The zero-order valence-corrected chi connectivity index (χ0v) is 18.8. The number of anilines is 1. The fourth-order valence-corrected chi connectivity index (χ4v) is 4.54. The Morgan fingerprint density at radius 1 is 1.20 bits per heavy atom. The fraction of sp³-hybridized carbons (Fsp3) is 0.375. The number of carbonyl (C=O) groups is 1. The van der Waals surface area contributed by atoms with Crippen LogP contribution in [-0.4, -0.2) is 49.9 Å². The monoisotopic (exact) mass is 486 g/mol. The highest BCUT2D eigenvalue weighted by atomic mass is 19.4. The summed E-state index contributed by atoms with van der Waals surface area (Å²) in [4.78, 5) is 32.0. The lowest BCUT2D eigenvalue weighted by atomic mass is 10.0. The molecule has 182 valence electrons. The minimum atomic E-state index is -4.68. The molecule has 2 aliphatic rings. The lowest BCUT2D eigenvalue weighted by Crippen LogP contribution is -2.40. The van der Waals surface area contributed by atoms with Crippen molar-refractivity contribution in [3.8, 4) is 11.4 Å². The summed E-state index contributed by atoms with van der Waals surface area (Å²) in [6, 6.07) is 5.34. The molecule has 3 aromatic rings. The van der Waals surface area contributed by atoms with Crippen LogP contribution in [0, 0.1) is 18.2 Å². The van der Waals surface area contributed by atoms with E-state index in [0.717, 1.165) is 12.8 Å². The highest BCUT2D eigenvalue weighted by Gasteiger charge is 2.53. The van der Waals surface area contributed by atoms with Crippen molar-refractivity contribution in [2.75, 3.05) is 18.4 Å². The van der Waals surface area contributed by atoms with Gasteiger partial charge >= 0.3 is 6.18 Å². The predicted octanol–water partition coefficient (Wildman–Crippen LogP) is 4.51. The highest BCUT2D eigenvalue weighted by molar-refractivity contribution is 5.98. The molecular weight excluding hydrogens is 464 g/mol. The number of hydrogen-bond acceptors (Lipinski definition) is 6. The maximum atomic E-state index is 14.3. The summed E-state index contributed by atoms with van der Waals surface area (Å²) in [5, 5.41) is 2.80. The summed E-state index contributed by atoms with van der Waals surface area (Å²) < 4.78 is 52.8. The Labute approximate surface area is 198 Å². The molecule has 1 saturated heterocycles. The first-order chi connectivity index (χ1) is 16.7. The first kappa shape index (κ1) is 23.1. The average Bonchev–Trinajstić information content (AvgIpc) is 3.49. The predicted molar refractivity (Wildman–Crippen MR) is 119 cm³/mol. The number of nitrogens with one attached hydrogen (secondary N) is 1. The van der Waals surface area contributed by atoms with E-state index in [-0.39, 0.29) is 35.4 Å². The van der Waals surface area contributed by atoms with Crippen LogP contribution in [0.2, 0.25) is 0 Å². The van der Waals surface area contributed by atoms with Crippen LogP contribution in [0.3, 0.4) is 0 Å². The molecule has 1 aliphatic heterocycles. The molecule has 0 bridgehead atoms. The van der Waals surface area contributed by atoms with Crippen molar-refractivity contribution in [3.05, 3.63) is 65.6 Å². The minimum absolute atomic E-state index is 0.0152. The minimum Gasteiger partial charge on any atom is -0.366 e. The summed E-state index contributed by atoms with van der Waals surface area (Å²) in [7, 11) is 0. The molecule has 2 fully saturated rings. The molecule has 3 aromatic heterocycles. The summed E-state index contributed by atoms with van der Waals surface area (Å²) in [6.07, 6.45) is 1.76. The highest BCUT2D eigenvalue weighted by Crippen LogP contribution is 2.55. The normalized spacial score (nSPS) is 18.7. The third-order valence-corrected chi connectivity index (χ3v) is 6.55. The van der Waals surface area contributed by atoms with Gasteiger partial charge in [-0.3, -0.25) is 4.79 Å². The van der Waals surface area contributed by atoms with Gasteiger partial charge in [-0.25, -0.2) is 24.3 Å². The second kappa shape index (κ2) is 8.54. The molecule has 1 saturated carbocycles. The van der Waals surface area contributed by atoms with Crippen LogP contribution in [0.4, 0.5) is 23.4 Å². The smallest absolute Gasteiger partial charge is 0.366 e. The maximum absolute atomic E-state index is 14.3. The Balaban J connectivity index is 1.39. The number of carbonyl (C=O) groups excluding carboxylic acids is 1. The van der Waals surface area contributed by atoms with E-state index in [4.69, 9.17) is 0 Å². The standard InChI is InChI=1S/C24H22F4N6O/c1-14-3-4-17(20-29-7-2-8-30-20)19(33-14)22(35)34-13-23(5-6-23)10-16(34)12-32-21-18(25)9-15(11-31-21)24(26,27)28/h2-4,7-9,11,16H,5-6,10,12-13H2,1H3,(H,31,32)/t16-/m0/s1. The van der Waals surface area contributed by atoms with Gasteiger partial charge in [0.25, 0.3) is 5.91 Å². The van der Waals surface area contributed by atoms with Gasteiger partial charge in [0.05, 0.1) is 11.1 Å². The summed E-state index contributed by atoms with van der Waals surface area (Å²) in [5.74, 6) is -1.28. The molecule has 1 aliphatic carbocycles. The molecule has 7 nitrogen and oxygen atoms in total. The Bertz CT molecular complexity index is 1260. The molecule has 11 heteroatoms. The summed E-state index contributed by atoms with van der Waals surface area (Å²) in [6.45, 7) is 2.47. The zero-order chi connectivity index (χ0) is 24.8. The number of halogens is 4. The number of nitrogens with zero attached hydrogens (tertiary/aromatic N) is 5. The van der Waals surface area contributed by atoms with E-state index in [1.165, 1.54) is 0 Å². The molecule has 1 spiro atoms. The number of alkyl halides is 3. The van der Waals surface area contributed by atoms with Crippen LogP contribution in [0.5, 0.6) is 0 Å². The number of aromatic nitrogens is 4. The van der Waals surface area contributed by atoms with Crippen molar-refractivity contribution >= 4 is 11.7 Å². The molecule has 5 rings (SSSR count). The zero-order valence-electron chi connectivity index (χ0n) is 18.8. The van der Waals surface area contributed by atoms with Gasteiger partial charge in [-0.2, -0.15) is 13.2 Å². The van der Waals surface area contributed by atoms with Gasteiger partial charge < -0.3 is 10.2 Å². The van der Waals surface area contributed by atoms with Gasteiger partial charge in [-0.05, 0) is 55.9 Å². The van der Waals surface area contributed by atoms with Gasteiger partial charge in [-0.1, -0.05) is 0 Å². The van der Waals surface area contributed by atoms with E-state index < -0.39 is 17.6 Å². The van der Waals surface area contributed by atoms with E-state index in [0.29, 0.717) is 42.3 Å². The third-order valence-electron chi connectivity index (χ3n) is 6.55. The molecule has 1 amide bonds. The number of aryl methyl sites for hydroxylation is 1. The van der Waals surface area contributed by atoms with Crippen LogP contribution in [0.25, 0.3) is 11.4 Å². The first-order valence-electron chi connectivity index (χ1n) is 11.2. The average molecular weight is 486 g/mol. The van der Waals surface area contributed by atoms with Gasteiger partial charge in [-0.15, -0.1) is 0 Å². The molecule has 4 heterocycles. The number of pyridine rings is 2. The van der Waals surface area contributed by atoms with E-state index in [9.17, 15) is 22.4 Å². The van der Waals surface area contributed by atoms with Gasteiger partial charge in [0, 0.05) is 43.4 Å². The maximum Gasteiger partial charge on any atom is 0.417 e. The van der Waals surface area contributed by atoms with Crippen molar-refractivity contribution in [3.63, 3.8) is 0 Å². The lowest BCUT2D eigenvalue weighted by Gasteiger charge is -2.26. The van der Waals surface area contributed by atoms with Gasteiger partial charge in [0.1, 0.15) is 5.69 Å². The Kier molecular flexibility index (Phi) is 5.65. The fourth-order valence-electron chi connectivity index (χ4n) is 4.54. The van der Waals surface area contributed by atoms with Crippen molar-refractivity contribution in [1.29, 1.82) is 0 Å². The summed E-state index contributed by atoms with van der Waals surface area (Å²) >= 11 is 0. The van der Waals surface area contributed by atoms with E-state index in [2.05, 4.69) is 25.3 Å². The number of amides is 1. The lowest BCUT2D eigenvalue weighted by molar-refractivity contribution is -0.138. The molecule has 35 heavy (non-hydrogen) atoms. The second-order valence-electron chi connectivity index (χ2n) is 9.15. The Morgan fingerprint density at radius 2 is 1.94 bits per heavy atom. The Morgan fingerprint density at radius 3 is 2.60 bits per heavy atom. The van der Waals surface area contributed by atoms with Gasteiger partial charge in [0.15, 0.2) is 17.5 Å². The topological polar surface area (TPSA) is 83.9 Å². The van der Waals surface area contributed by atoms with Crippen molar-refractivity contribution in [1.82, 2.24) is 24.8 Å². The molecule has 1 atom stereocenters. The van der Waals surface area contributed by atoms with E-state index in [1.54, 1.807) is 42.4 Å². The molecule has 0 unspecified atom stereocenters. The third kappa shape index (κ3) is 4.67. The van der Waals surface area contributed by atoms with Crippen LogP contribution in [-0.2, 0) is 6.18 Å². The van der Waals surface area contributed by atoms with Crippen molar-refractivity contribution in [2.24, 2.45) is 5.41 Å². The largest absolute Gasteiger partial charge is 0.417 e. The van der Waals surface area contributed by atoms with Crippen molar-refractivity contribution < 1.29 is 22.4 Å². The van der Waals surface area contributed by atoms with Gasteiger partial charge in [0.2, 0.25) is 0 Å².